The third kappa shape index (κ3) is 5.90. The first-order chi connectivity index (χ1) is 4.81. The topological polar surface area (TPSA) is 0 Å². The Morgan fingerprint density at radius 1 is 1.60 bits per heavy atom. The lowest BCUT2D eigenvalue weighted by molar-refractivity contribution is 0.805. The van der Waals surface area contributed by atoms with E-state index in [4.69, 9.17) is 11.6 Å². The molecule has 0 aliphatic rings. The summed E-state index contributed by atoms with van der Waals surface area (Å²) in [7, 11) is 0. The van der Waals surface area contributed by atoms with Crippen molar-refractivity contribution in [2.75, 3.05) is 0 Å². The molecule has 0 bridgehead atoms. The first-order valence-corrected chi connectivity index (χ1v) is 4.14. The Balaban J connectivity index is 3.38. The molecule has 0 saturated heterocycles. The summed E-state index contributed by atoms with van der Waals surface area (Å²) in [5.41, 5.74) is 0. The lowest BCUT2D eigenvalue weighted by Crippen LogP contribution is -1.73. The van der Waals surface area contributed by atoms with Crippen LogP contribution in [0.3, 0.4) is 0 Å². The second-order valence-electron chi connectivity index (χ2n) is 2.28. The molecule has 0 saturated carbocycles. The highest BCUT2D eigenvalue weighted by atomic mass is 35.5. The van der Waals surface area contributed by atoms with E-state index in [1.54, 1.807) is 0 Å². The maximum atomic E-state index is 5.85. The summed E-state index contributed by atoms with van der Waals surface area (Å²) in [6, 6.07) is 0. The molecule has 0 unspecified atom stereocenters. The Kier molecular flexibility index (Phi) is 6.73. The molecule has 0 spiro atoms. The average Bonchev–Trinajstić information content (AvgIpc) is 1.97. The van der Waals surface area contributed by atoms with Gasteiger partial charge in [-0.15, -0.1) is 6.58 Å². The summed E-state index contributed by atoms with van der Waals surface area (Å²) in [5, 5.41) is 0.974. The Morgan fingerprint density at radius 2 is 2.30 bits per heavy atom. The van der Waals surface area contributed by atoms with Crippen LogP contribution < -0.4 is 0 Å². The molecule has 0 N–H and O–H groups in total. The van der Waals surface area contributed by atoms with Crippen LogP contribution in [-0.2, 0) is 0 Å². The Bertz CT molecular complexity index is 114. The van der Waals surface area contributed by atoms with Crippen molar-refractivity contribution in [2.45, 2.75) is 32.6 Å². The van der Waals surface area contributed by atoms with Crippen LogP contribution in [0.5, 0.6) is 0 Å². The number of allylic oxidation sites excluding steroid dienone is 3. The van der Waals surface area contributed by atoms with Crippen LogP contribution >= 0.6 is 11.6 Å². The fraction of sp³-hybridized carbons (Fsp3) is 0.556. The Labute approximate surface area is 68.6 Å². The average molecular weight is 159 g/mol. The van der Waals surface area contributed by atoms with E-state index in [-0.39, 0.29) is 0 Å². The summed E-state index contributed by atoms with van der Waals surface area (Å²) in [4.78, 5) is 0. The smallest absolute Gasteiger partial charge is 0.0144 e. The summed E-state index contributed by atoms with van der Waals surface area (Å²) in [6.07, 6.45) is 8.18. The number of hydrogen-bond acceptors (Lipinski definition) is 0. The van der Waals surface area contributed by atoms with Gasteiger partial charge < -0.3 is 0 Å². The first-order valence-electron chi connectivity index (χ1n) is 3.76. The molecule has 0 amide bonds. The van der Waals surface area contributed by atoms with Crippen LogP contribution in [0.4, 0.5) is 0 Å². The van der Waals surface area contributed by atoms with Gasteiger partial charge in [-0.1, -0.05) is 37.1 Å². The molecule has 0 aliphatic heterocycles. The van der Waals surface area contributed by atoms with Gasteiger partial charge in [-0.25, -0.2) is 0 Å². The predicted molar refractivity (Wildman–Crippen MR) is 48.3 cm³/mol. The molecule has 0 fully saturated rings. The highest BCUT2D eigenvalue weighted by molar-refractivity contribution is 6.29. The van der Waals surface area contributed by atoms with Crippen molar-refractivity contribution >= 4 is 11.6 Å². The monoisotopic (exact) mass is 158 g/mol. The SMILES string of the molecule is C=CC/C=C(\Cl)CCCC. The zero-order chi connectivity index (χ0) is 7.82. The molecule has 0 aromatic carbocycles. The largest absolute Gasteiger partial charge is 0.103 e. The fourth-order valence-corrected chi connectivity index (χ4v) is 0.882. The zero-order valence-electron chi connectivity index (χ0n) is 6.57. The van der Waals surface area contributed by atoms with Crippen molar-refractivity contribution in [3.8, 4) is 0 Å². The van der Waals surface area contributed by atoms with Gasteiger partial charge in [0, 0.05) is 5.03 Å². The summed E-state index contributed by atoms with van der Waals surface area (Å²) in [6.45, 7) is 5.77. The second-order valence-corrected chi connectivity index (χ2v) is 2.76. The van der Waals surface area contributed by atoms with Gasteiger partial charge in [0.1, 0.15) is 0 Å². The quantitative estimate of drug-likeness (QED) is 0.533. The van der Waals surface area contributed by atoms with E-state index in [1.807, 2.05) is 12.2 Å². The maximum absolute atomic E-state index is 5.85. The van der Waals surface area contributed by atoms with Crippen LogP contribution in [0.2, 0.25) is 0 Å². The molecule has 0 rings (SSSR count). The van der Waals surface area contributed by atoms with Gasteiger partial charge >= 0.3 is 0 Å². The minimum atomic E-state index is 0.891. The molecule has 58 valence electrons. The number of halogens is 1. The lowest BCUT2D eigenvalue weighted by atomic mass is 10.2. The summed E-state index contributed by atoms with van der Waals surface area (Å²) >= 11 is 5.85. The van der Waals surface area contributed by atoms with Gasteiger partial charge in [0.15, 0.2) is 0 Å². The first kappa shape index (κ1) is 9.77. The van der Waals surface area contributed by atoms with E-state index in [1.165, 1.54) is 12.8 Å². The molecule has 0 aromatic heterocycles. The molecule has 0 aromatic rings. The van der Waals surface area contributed by atoms with Gasteiger partial charge in [0.25, 0.3) is 0 Å². The zero-order valence-corrected chi connectivity index (χ0v) is 7.32. The van der Waals surface area contributed by atoms with Crippen LogP contribution in [0, 0.1) is 0 Å². The van der Waals surface area contributed by atoms with Gasteiger partial charge in [-0.2, -0.15) is 0 Å². The van der Waals surface area contributed by atoms with E-state index in [9.17, 15) is 0 Å². The van der Waals surface area contributed by atoms with E-state index < -0.39 is 0 Å². The minimum absolute atomic E-state index is 0.891. The van der Waals surface area contributed by atoms with Crippen LogP contribution in [0.1, 0.15) is 32.6 Å². The minimum Gasteiger partial charge on any atom is -0.103 e. The van der Waals surface area contributed by atoms with Gasteiger partial charge in [0.2, 0.25) is 0 Å². The Hall–Kier alpha value is -0.230. The van der Waals surface area contributed by atoms with E-state index >= 15 is 0 Å². The maximum Gasteiger partial charge on any atom is 0.0144 e. The predicted octanol–water partition coefficient (Wildman–Crippen LogP) is 3.88. The second kappa shape index (κ2) is 6.88. The summed E-state index contributed by atoms with van der Waals surface area (Å²) < 4.78 is 0. The lowest BCUT2D eigenvalue weighted by Gasteiger charge is -1.94. The van der Waals surface area contributed by atoms with Crippen LogP contribution in [0.15, 0.2) is 23.8 Å². The fourth-order valence-electron chi connectivity index (χ4n) is 0.659. The van der Waals surface area contributed by atoms with Crippen LogP contribution in [0.25, 0.3) is 0 Å². The van der Waals surface area contributed by atoms with E-state index in [0.29, 0.717) is 0 Å². The number of unbranched alkanes of at least 4 members (excludes halogenated alkanes) is 1. The van der Waals surface area contributed by atoms with Crippen molar-refractivity contribution in [1.29, 1.82) is 0 Å². The van der Waals surface area contributed by atoms with E-state index in [2.05, 4.69) is 13.5 Å². The number of hydrogen-bond donors (Lipinski definition) is 0. The van der Waals surface area contributed by atoms with Crippen molar-refractivity contribution < 1.29 is 0 Å². The molecular formula is C9H15Cl. The highest BCUT2D eigenvalue weighted by Gasteiger charge is 1.88. The number of rotatable bonds is 5. The molecule has 1 heteroatoms. The third-order valence-corrected chi connectivity index (χ3v) is 1.62. The molecule has 10 heavy (non-hydrogen) atoms. The van der Waals surface area contributed by atoms with Gasteiger partial charge in [0.05, 0.1) is 0 Å². The Morgan fingerprint density at radius 3 is 2.80 bits per heavy atom. The normalized spacial score (nSPS) is 11.6. The van der Waals surface area contributed by atoms with Crippen molar-refractivity contribution in [2.24, 2.45) is 0 Å². The van der Waals surface area contributed by atoms with E-state index in [0.717, 1.165) is 17.9 Å². The van der Waals surface area contributed by atoms with Crippen molar-refractivity contribution in [3.63, 3.8) is 0 Å². The molecule has 0 aliphatic carbocycles. The van der Waals surface area contributed by atoms with Crippen molar-refractivity contribution in [1.82, 2.24) is 0 Å². The van der Waals surface area contributed by atoms with Gasteiger partial charge in [-0.3, -0.25) is 0 Å². The molecule has 0 radical (unpaired) electrons. The van der Waals surface area contributed by atoms with Crippen LogP contribution in [-0.4, -0.2) is 0 Å². The standard InChI is InChI=1S/C9H15Cl/c1-3-5-7-9(10)8-6-4-2/h3,7H,1,4-6,8H2,2H3/b9-7-. The summed E-state index contributed by atoms with van der Waals surface area (Å²) in [5.74, 6) is 0. The molecular weight excluding hydrogens is 144 g/mol. The highest BCUT2D eigenvalue weighted by Crippen LogP contribution is 2.11. The molecule has 0 nitrogen and oxygen atoms in total. The van der Waals surface area contributed by atoms with Crippen molar-refractivity contribution in [3.05, 3.63) is 23.8 Å². The van der Waals surface area contributed by atoms with Gasteiger partial charge in [-0.05, 0) is 19.3 Å². The molecule has 0 heterocycles. The molecule has 0 atom stereocenters. The third-order valence-electron chi connectivity index (χ3n) is 1.28.